The van der Waals surface area contributed by atoms with Crippen molar-refractivity contribution in [1.82, 2.24) is 5.32 Å². The molecule has 1 aromatic carbocycles. The normalized spacial score (nSPS) is 11.6. The van der Waals surface area contributed by atoms with Crippen LogP contribution >= 0.6 is 24.0 Å². The van der Waals surface area contributed by atoms with E-state index >= 15 is 0 Å². The Morgan fingerprint density at radius 2 is 1.83 bits per heavy atom. The minimum Gasteiger partial charge on any atom is -0.493 e. The fourth-order valence-corrected chi connectivity index (χ4v) is 2.27. The first-order valence-corrected chi connectivity index (χ1v) is 7.89. The van der Waals surface area contributed by atoms with E-state index in [2.05, 4.69) is 24.2 Å². The van der Waals surface area contributed by atoms with E-state index in [9.17, 15) is 5.11 Å². The summed E-state index contributed by atoms with van der Waals surface area (Å²) in [4.78, 5) is 4.34. The smallest absolute Gasteiger partial charge is 0.188 e. The van der Waals surface area contributed by atoms with Gasteiger partial charge in [-0.05, 0) is 30.5 Å². The first-order chi connectivity index (χ1) is 11.0. The number of nitrogens with two attached hydrogens (primary N) is 1. The van der Waals surface area contributed by atoms with Crippen molar-refractivity contribution in [2.75, 3.05) is 27.4 Å². The van der Waals surface area contributed by atoms with Crippen molar-refractivity contribution in [3.8, 4) is 11.5 Å². The zero-order chi connectivity index (χ0) is 17.3. The summed E-state index contributed by atoms with van der Waals surface area (Å²) >= 11 is 0. The molecular weight excluding hydrogens is 421 g/mol. The molecule has 0 bridgehead atoms. The van der Waals surface area contributed by atoms with E-state index in [0.29, 0.717) is 30.5 Å². The monoisotopic (exact) mass is 451 g/mol. The second kappa shape index (κ2) is 11.4. The molecule has 0 radical (unpaired) electrons. The molecule has 0 heterocycles. The van der Waals surface area contributed by atoms with Crippen LogP contribution in [0.5, 0.6) is 11.5 Å². The largest absolute Gasteiger partial charge is 0.493 e. The van der Waals surface area contributed by atoms with Gasteiger partial charge in [-0.3, -0.25) is 0 Å². The maximum absolute atomic E-state index is 9.56. The number of ether oxygens (including phenoxy) is 2. The number of hydrogen-bond donors (Lipinski definition) is 3. The molecule has 0 spiro atoms. The van der Waals surface area contributed by atoms with Crippen LogP contribution in [-0.2, 0) is 6.54 Å². The molecule has 6 nitrogen and oxygen atoms in total. The number of hydrogen-bond acceptors (Lipinski definition) is 4. The summed E-state index contributed by atoms with van der Waals surface area (Å²) in [5.41, 5.74) is 6.75. The molecule has 7 heteroatoms. The Bertz CT molecular complexity index is 512. The van der Waals surface area contributed by atoms with Crippen LogP contribution in [0.25, 0.3) is 0 Å². The summed E-state index contributed by atoms with van der Waals surface area (Å²) in [6.07, 6.45) is 1.77. The second-order valence-corrected chi connectivity index (χ2v) is 5.61. The highest BCUT2D eigenvalue weighted by Crippen LogP contribution is 2.27. The molecule has 1 rings (SSSR count). The molecule has 0 fully saturated rings. The highest BCUT2D eigenvalue weighted by Gasteiger charge is 2.25. The molecule has 4 N–H and O–H groups in total. The lowest BCUT2D eigenvalue weighted by molar-refractivity contribution is 0.118. The van der Waals surface area contributed by atoms with Crippen LogP contribution in [0, 0.1) is 5.41 Å². The first-order valence-electron chi connectivity index (χ1n) is 7.89. The Hall–Kier alpha value is -1.22. The van der Waals surface area contributed by atoms with Crippen LogP contribution in [0.1, 0.15) is 32.3 Å². The van der Waals surface area contributed by atoms with E-state index in [1.807, 2.05) is 18.2 Å². The summed E-state index contributed by atoms with van der Waals surface area (Å²) in [6, 6.07) is 5.65. The van der Waals surface area contributed by atoms with E-state index in [1.165, 1.54) is 0 Å². The molecule has 0 atom stereocenters. The molecule has 0 saturated carbocycles. The summed E-state index contributed by atoms with van der Waals surface area (Å²) in [7, 11) is 3.21. The van der Waals surface area contributed by atoms with Gasteiger partial charge in [-0.15, -0.1) is 24.0 Å². The first kappa shape index (κ1) is 22.8. The number of halogens is 1. The minimum atomic E-state index is -0.149. The van der Waals surface area contributed by atoms with Gasteiger partial charge >= 0.3 is 0 Å². The molecule has 0 aliphatic carbocycles. The van der Waals surface area contributed by atoms with Gasteiger partial charge in [-0.2, -0.15) is 0 Å². The minimum absolute atomic E-state index is 0. The average molecular weight is 451 g/mol. The second-order valence-electron chi connectivity index (χ2n) is 5.61. The standard InChI is InChI=1S/C17H29N3O3.HI/c1-5-17(6-2,12-21)11-20-16(18)19-10-13-7-8-14(22-3)15(9-13)23-4;/h7-9,21H,5-6,10-12H2,1-4H3,(H3,18,19,20);1H. The molecule has 0 saturated heterocycles. The van der Waals surface area contributed by atoms with Crippen molar-refractivity contribution in [1.29, 1.82) is 0 Å². The quantitative estimate of drug-likeness (QED) is 0.305. The van der Waals surface area contributed by atoms with Gasteiger partial charge in [-0.1, -0.05) is 19.9 Å². The van der Waals surface area contributed by atoms with Gasteiger partial charge in [0, 0.05) is 12.0 Å². The van der Waals surface area contributed by atoms with E-state index in [1.54, 1.807) is 14.2 Å². The maximum atomic E-state index is 9.56. The van der Waals surface area contributed by atoms with Crippen molar-refractivity contribution < 1.29 is 14.6 Å². The summed E-state index contributed by atoms with van der Waals surface area (Å²) in [5, 5.41) is 12.7. The Morgan fingerprint density at radius 1 is 1.21 bits per heavy atom. The van der Waals surface area contributed by atoms with Gasteiger partial charge in [0.25, 0.3) is 0 Å². The Kier molecular flexibility index (Phi) is 10.8. The van der Waals surface area contributed by atoms with Crippen molar-refractivity contribution in [2.45, 2.75) is 33.2 Å². The third kappa shape index (κ3) is 6.35. The number of aliphatic hydroxyl groups is 1. The summed E-state index contributed by atoms with van der Waals surface area (Å²) in [6.45, 7) is 5.33. The highest BCUT2D eigenvalue weighted by atomic mass is 127. The number of nitrogens with zero attached hydrogens (tertiary/aromatic N) is 1. The third-order valence-corrected chi connectivity index (χ3v) is 4.36. The molecule has 0 aromatic heterocycles. The maximum Gasteiger partial charge on any atom is 0.188 e. The van der Waals surface area contributed by atoms with Crippen LogP contribution in [0.3, 0.4) is 0 Å². The summed E-state index contributed by atoms with van der Waals surface area (Å²) in [5.74, 6) is 1.73. The molecule has 1 aromatic rings. The number of aliphatic imine (C=N–C) groups is 1. The van der Waals surface area contributed by atoms with Crippen LogP contribution in [0.15, 0.2) is 23.2 Å². The van der Waals surface area contributed by atoms with E-state index in [4.69, 9.17) is 15.2 Å². The van der Waals surface area contributed by atoms with E-state index < -0.39 is 0 Å². The van der Waals surface area contributed by atoms with Gasteiger partial charge in [0.2, 0.25) is 0 Å². The van der Waals surface area contributed by atoms with Gasteiger partial charge in [-0.25, -0.2) is 4.99 Å². The van der Waals surface area contributed by atoms with Gasteiger partial charge < -0.3 is 25.6 Å². The van der Waals surface area contributed by atoms with E-state index in [-0.39, 0.29) is 36.0 Å². The topological polar surface area (TPSA) is 89.1 Å². The molecule has 0 aliphatic heterocycles. The Balaban J connectivity index is 0.00000529. The predicted octanol–water partition coefficient (Wildman–Crippen LogP) is 2.52. The fraction of sp³-hybridized carbons (Fsp3) is 0.588. The van der Waals surface area contributed by atoms with Crippen molar-refractivity contribution in [3.05, 3.63) is 23.8 Å². The number of rotatable bonds is 9. The van der Waals surface area contributed by atoms with Crippen molar-refractivity contribution in [3.63, 3.8) is 0 Å². The fourth-order valence-electron chi connectivity index (χ4n) is 2.27. The van der Waals surface area contributed by atoms with Gasteiger partial charge in [0.05, 0.1) is 27.4 Å². The molecule has 138 valence electrons. The number of guanidine groups is 1. The molecular formula is C17H30IN3O3. The lowest BCUT2D eigenvalue weighted by atomic mass is 9.83. The van der Waals surface area contributed by atoms with Gasteiger partial charge in [0.15, 0.2) is 17.5 Å². The molecule has 0 amide bonds. The van der Waals surface area contributed by atoms with Crippen LogP contribution < -0.4 is 20.5 Å². The Labute approximate surface area is 161 Å². The number of nitrogens with one attached hydrogen (secondary N) is 1. The molecule has 24 heavy (non-hydrogen) atoms. The number of methoxy groups -OCH3 is 2. The Morgan fingerprint density at radius 3 is 2.33 bits per heavy atom. The predicted molar refractivity (Wildman–Crippen MR) is 108 cm³/mol. The zero-order valence-electron chi connectivity index (χ0n) is 15.0. The lowest BCUT2D eigenvalue weighted by Gasteiger charge is -2.29. The zero-order valence-corrected chi connectivity index (χ0v) is 17.3. The average Bonchev–Trinajstić information content (AvgIpc) is 2.61. The van der Waals surface area contributed by atoms with Crippen LogP contribution in [0.2, 0.25) is 0 Å². The highest BCUT2D eigenvalue weighted by molar-refractivity contribution is 14.0. The third-order valence-electron chi connectivity index (χ3n) is 4.36. The van der Waals surface area contributed by atoms with Gasteiger partial charge in [0.1, 0.15) is 0 Å². The van der Waals surface area contributed by atoms with E-state index in [0.717, 1.165) is 18.4 Å². The lowest BCUT2D eigenvalue weighted by Crippen LogP contribution is -2.42. The van der Waals surface area contributed by atoms with Crippen LogP contribution in [-0.4, -0.2) is 38.4 Å². The SMILES string of the molecule is CCC(CC)(CO)CNC(N)=NCc1ccc(OC)c(OC)c1.I. The number of aliphatic hydroxyl groups excluding tert-OH is 1. The molecule has 0 unspecified atom stereocenters. The molecule has 0 aliphatic rings. The van der Waals surface area contributed by atoms with Crippen LogP contribution in [0.4, 0.5) is 0 Å². The van der Waals surface area contributed by atoms with Crippen molar-refractivity contribution >= 4 is 29.9 Å². The number of benzene rings is 1. The van der Waals surface area contributed by atoms with Crippen molar-refractivity contribution in [2.24, 2.45) is 16.1 Å². The summed E-state index contributed by atoms with van der Waals surface area (Å²) < 4.78 is 10.5.